The largest absolute Gasteiger partial charge is 0.463 e. The van der Waals surface area contributed by atoms with Gasteiger partial charge in [0.05, 0.1) is 25.9 Å². The molecular formula is C57H67NO20. The molecule has 1 N–H and O–H groups in total. The second-order valence-electron chi connectivity index (χ2n) is 18.8. The van der Waals surface area contributed by atoms with Gasteiger partial charge in [0.2, 0.25) is 12.2 Å². The second-order valence-corrected chi connectivity index (χ2v) is 18.8. The summed E-state index contributed by atoms with van der Waals surface area (Å²) in [5.41, 5.74) is 2.53. The highest BCUT2D eigenvalue weighted by Crippen LogP contribution is 2.38. The lowest BCUT2D eigenvalue weighted by Gasteiger charge is -2.51. The molecule has 0 spiro atoms. The Labute approximate surface area is 452 Å². The molecule has 0 aliphatic carbocycles. The van der Waals surface area contributed by atoms with Crippen LogP contribution in [0.3, 0.4) is 0 Å². The number of hydrogen-bond donors (Lipinski definition) is 1. The van der Waals surface area contributed by atoms with Crippen molar-refractivity contribution in [1.29, 1.82) is 0 Å². The van der Waals surface area contributed by atoms with Gasteiger partial charge in [0.25, 0.3) is 0 Å². The Hall–Kier alpha value is -6.82. The Bertz CT molecular complexity index is 2560. The maximum atomic E-state index is 13.5. The first-order valence-electron chi connectivity index (χ1n) is 25.5. The van der Waals surface area contributed by atoms with E-state index < -0.39 is 141 Å². The number of rotatable bonds is 23. The quantitative estimate of drug-likeness (QED) is 0.0740. The van der Waals surface area contributed by atoms with Crippen molar-refractivity contribution in [3.63, 3.8) is 0 Å². The van der Waals surface area contributed by atoms with Gasteiger partial charge >= 0.3 is 29.8 Å². The molecule has 0 unspecified atom stereocenters. The Balaban J connectivity index is 1.37. The van der Waals surface area contributed by atoms with Crippen LogP contribution in [0.2, 0.25) is 0 Å². The summed E-state index contributed by atoms with van der Waals surface area (Å²) in [5, 5.41) is 2.88. The van der Waals surface area contributed by atoms with Gasteiger partial charge in [0, 0.05) is 41.5 Å². The standard InChI is InChI=1S/C57H67NO20/c1-33-47(67-28-40-20-12-8-13-21-40)51(68-29-41-22-14-9-15-23-41)53(69-30-42-24-16-10-17-25-42)56(70-33)77-48-44(31-65-35(3)60)75-55(74-43-26-18-11-19-27-43)46(58-34(2)59)50(48)78-57-54(73-39(7)64)52(72-38(6)63)49(71-37(5)62)45(76-57)32-66-36(4)61/h8-27,33,44-57H,28-32H2,1-7H3,(H,58,59)/t33-,44-,45+,46-,47+,48-,49-,50+,51+,52-,53+,54-,55-,56+,57+/m1/s1. The third-order valence-corrected chi connectivity index (χ3v) is 12.6. The molecule has 3 aliphatic rings. The zero-order valence-electron chi connectivity index (χ0n) is 44.4. The van der Waals surface area contributed by atoms with E-state index in [4.69, 9.17) is 66.3 Å². The molecule has 1 amide bonds. The van der Waals surface area contributed by atoms with Crippen LogP contribution in [0.15, 0.2) is 121 Å². The number of carbonyl (C=O) groups excluding carboxylic acids is 6. The molecule has 7 rings (SSSR count). The summed E-state index contributed by atoms with van der Waals surface area (Å²) in [6.07, 6.45) is -19.2. The smallest absolute Gasteiger partial charge is 0.303 e. The maximum Gasteiger partial charge on any atom is 0.303 e. The van der Waals surface area contributed by atoms with Crippen LogP contribution in [0.5, 0.6) is 5.75 Å². The van der Waals surface area contributed by atoms with Gasteiger partial charge in [-0.1, -0.05) is 109 Å². The van der Waals surface area contributed by atoms with E-state index in [0.717, 1.165) is 44.4 Å². The summed E-state index contributed by atoms with van der Waals surface area (Å²) in [7, 11) is 0. The lowest BCUT2D eigenvalue weighted by atomic mass is 9.94. The van der Waals surface area contributed by atoms with E-state index >= 15 is 0 Å². The molecule has 21 heteroatoms. The Morgan fingerprint density at radius 2 is 0.833 bits per heavy atom. The average molecular weight is 1090 g/mol. The third-order valence-electron chi connectivity index (χ3n) is 12.6. The van der Waals surface area contributed by atoms with Crippen molar-refractivity contribution < 1.29 is 95.1 Å². The predicted molar refractivity (Wildman–Crippen MR) is 271 cm³/mol. The molecule has 4 aromatic rings. The Morgan fingerprint density at radius 1 is 0.423 bits per heavy atom. The highest BCUT2D eigenvalue weighted by molar-refractivity contribution is 5.73. The van der Waals surface area contributed by atoms with E-state index in [2.05, 4.69) is 5.32 Å². The predicted octanol–water partition coefficient (Wildman–Crippen LogP) is 5.21. The van der Waals surface area contributed by atoms with Crippen LogP contribution in [0, 0.1) is 0 Å². The van der Waals surface area contributed by atoms with Gasteiger partial charge in [-0.15, -0.1) is 0 Å². The highest BCUT2D eigenvalue weighted by Gasteiger charge is 2.58. The van der Waals surface area contributed by atoms with Gasteiger partial charge in [0.1, 0.15) is 67.7 Å². The van der Waals surface area contributed by atoms with Crippen LogP contribution >= 0.6 is 0 Å². The Kier molecular flexibility index (Phi) is 21.7. The molecule has 3 heterocycles. The summed E-state index contributed by atoms with van der Waals surface area (Å²) < 4.78 is 89.2. The van der Waals surface area contributed by atoms with Gasteiger partial charge in [0.15, 0.2) is 30.9 Å². The molecule has 0 saturated carbocycles. The van der Waals surface area contributed by atoms with Crippen molar-refractivity contribution in [3.8, 4) is 5.75 Å². The van der Waals surface area contributed by atoms with Crippen molar-refractivity contribution in [2.45, 2.75) is 160 Å². The number of esters is 5. The van der Waals surface area contributed by atoms with Crippen LogP contribution in [0.1, 0.15) is 65.2 Å². The minimum atomic E-state index is -1.84. The van der Waals surface area contributed by atoms with Crippen molar-refractivity contribution in [2.24, 2.45) is 0 Å². The van der Waals surface area contributed by atoms with E-state index in [9.17, 15) is 28.8 Å². The van der Waals surface area contributed by atoms with Gasteiger partial charge < -0.3 is 71.6 Å². The van der Waals surface area contributed by atoms with Gasteiger partial charge in [-0.05, 0) is 35.7 Å². The molecule has 3 fully saturated rings. The van der Waals surface area contributed by atoms with Crippen LogP contribution in [-0.2, 0) is 110 Å². The molecule has 0 aromatic heterocycles. The third kappa shape index (κ3) is 16.8. The summed E-state index contributed by atoms with van der Waals surface area (Å²) in [5.74, 6) is -4.40. The SMILES string of the molecule is CC(=O)N[C@H]1[C@H](Oc2ccccc2)O[C@H](COC(C)=O)[C@@H](O[C@@H]2O[C@H](C)[C@H](OCc3ccccc3)[C@H](OCc3ccccc3)[C@@H]2OCc2ccccc2)[C@H]1O[C@@H]1O[C@@H](COC(C)=O)[C@@H](OC(C)=O)[C@@H](OC(C)=O)[C@H]1OC(C)=O. The van der Waals surface area contributed by atoms with Crippen molar-refractivity contribution in [1.82, 2.24) is 5.32 Å². The number of carbonyl (C=O) groups is 6. The summed E-state index contributed by atoms with van der Waals surface area (Å²) >= 11 is 0. The van der Waals surface area contributed by atoms with Gasteiger partial charge in [-0.25, -0.2) is 0 Å². The fraction of sp³-hybridized carbons (Fsp3) is 0.474. The molecule has 420 valence electrons. The molecule has 3 aliphatic heterocycles. The van der Waals surface area contributed by atoms with Crippen LogP contribution in [-0.4, -0.2) is 141 Å². The summed E-state index contributed by atoms with van der Waals surface area (Å²) in [6.45, 7) is 7.86. The normalized spacial score (nSPS) is 28.7. The Morgan fingerprint density at radius 3 is 1.32 bits per heavy atom. The molecule has 0 bridgehead atoms. The molecule has 15 atom stereocenters. The first-order chi connectivity index (χ1) is 37.5. The highest BCUT2D eigenvalue weighted by atomic mass is 16.8. The first-order valence-corrected chi connectivity index (χ1v) is 25.5. The number of nitrogens with one attached hydrogen (secondary N) is 1. The topological polar surface area (TPSA) is 244 Å². The van der Waals surface area contributed by atoms with Crippen LogP contribution in [0.25, 0.3) is 0 Å². The van der Waals surface area contributed by atoms with E-state index in [0.29, 0.717) is 0 Å². The minimum Gasteiger partial charge on any atom is -0.463 e. The molecule has 78 heavy (non-hydrogen) atoms. The number of benzene rings is 4. The van der Waals surface area contributed by atoms with Crippen molar-refractivity contribution in [2.75, 3.05) is 13.2 Å². The number of amides is 1. The lowest BCUT2D eigenvalue weighted by Crippen LogP contribution is -2.71. The van der Waals surface area contributed by atoms with Crippen LogP contribution in [0.4, 0.5) is 0 Å². The molecule has 3 saturated heterocycles. The van der Waals surface area contributed by atoms with Gasteiger partial charge in [-0.2, -0.15) is 0 Å². The van der Waals surface area contributed by atoms with Gasteiger partial charge in [-0.3, -0.25) is 28.8 Å². The molecule has 4 aromatic carbocycles. The van der Waals surface area contributed by atoms with E-state index in [1.54, 1.807) is 37.3 Å². The van der Waals surface area contributed by atoms with Crippen molar-refractivity contribution >= 4 is 35.8 Å². The summed E-state index contributed by atoms with van der Waals surface area (Å²) in [4.78, 5) is 77.2. The van der Waals surface area contributed by atoms with E-state index in [1.807, 2.05) is 91.0 Å². The fourth-order valence-corrected chi connectivity index (χ4v) is 9.27. The average Bonchev–Trinajstić information content (AvgIpc) is 3.45. The first kappa shape index (κ1) is 58.9. The maximum absolute atomic E-state index is 13.5. The number of ether oxygens (including phenoxy) is 14. The van der Waals surface area contributed by atoms with E-state index in [1.165, 1.54) is 13.8 Å². The fourth-order valence-electron chi connectivity index (χ4n) is 9.27. The minimum absolute atomic E-state index is 0.0317. The zero-order valence-corrected chi connectivity index (χ0v) is 44.4. The molecular weight excluding hydrogens is 1020 g/mol. The second kappa shape index (κ2) is 28.7. The monoisotopic (exact) mass is 1090 g/mol. The van der Waals surface area contributed by atoms with Crippen molar-refractivity contribution in [3.05, 3.63) is 138 Å². The van der Waals surface area contributed by atoms with E-state index in [-0.39, 0.29) is 25.6 Å². The lowest BCUT2D eigenvalue weighted by molar-refractivity contribution is -0.375. The van der Waals surface area contributed by atoms with Crippen LogP contribution < -0.4 is 10.1 Å². The zero-order chi connectivity index (χ0) is 55.7. The summed E-state index contributed by atoms with van der Waals surface area (Å²) in [6, 6.07) is 35.5. The number of para-hydroxylation sites is 1. The number of hydrogen-bond acceptors (Lipinski definition) is 20. The molecule has 21 nitrogen and oxygen atoms in total. The molecule has 0 radical (unpaired) electrons.